The minimum absolute atomic E-state index is 0.0178. The normalized spacial score (nSPS) is 11.0. The molecule has 0 saturated heterocycles. The Morgan fingerprint density at radius 1 is 0.708 bits per heavy atom. The molecule has 0 aliphatic heterocycles. The maximum atomic E-state index is 10.2. The van der Waals surface area contributed by atoms with Crippen LogP contribution in [-0.2, 0) is 28.5 Å². The van der Waals surface area contributed by atoms with E-state index >= 15 is 0 Å². The van der Waals surface area contributed by atoms with Gasteiger partial charge in [0.1, 0.15) is 0 Å². The number of rotatable bonds is 20. The fourth-order valence-electron chi connectivity index (χ4n) is 1.59. The van der Waals surface area contributed by atoms with Crippen LogP contribution in [0, 0.1) is 0 Å². The standard InChI is InChI=1S/C16H33NO7/c1-2-4-17-5-7-21-9-11-23-13-15-24-14-12-22-10-8-20-6-3-16(18)19/h17H,2-15H2,1H3,(H,18,19). The van der Waals surface area contributed by atoms with E-state index in [2.05, 4.69) is 12.2 Å². The minimum atomic E-state index is -0.859. The Kier molecular flexibility index (Phi) is 19.6. The highest BCUT2D eigenvalue weighted by Gasteiger charge is 1.96. The zero-order chi connectivity index (χ0) is 17.7. The zero-order valence-electron chi connectivity index (χ0n) is 14.8. The summed E-state index contributed by atoms with van der Waals surface area (Å²) in [6, 6.07) is 0. The van der Waals surface area contributed by atoms with Gasteiger partial charge in [-0.1, -0.05) is 6.92 Å². The lowest BCUT2D eigenvalue weighted by atomic mass is 10.5. The van der Waals surface area contributed by atoms with E-state index in [0.29, 0.717) is 59.5 Å². The summed E-state index contributed by atoms with van der Waals surface area (Å²) in [7, 11) is 0. The van der Waals surface area contributed by atoms with E-state index in [1.54, 1.807) is 0 Å². The number of hydrogen-bond donors (Lipinski definition) is 2. The molecule has 0 radical (unpaired) electrons. The molecule has 0 bridgehead atoms. The average Bonchev–Trinajstić information content (AvgIpc) is 2.56. The van der Waals surface area contributed by atoms with Gasteiger partial charge >= 0.3 is 5.97 Å². The SMILES string of the molecule is CCCNCCOCCOCCOCCOCCOCCC(=O)O. The largest absolute Gasteiger partial charge is 0.481 e. The van der Waals surface area contributed by atoms with Gasteiger partial charge in [0.05, 0.1) is 72.5 Å². The number of ether oxygens (including phenoxy) is 5. The maximum Gasteiger partial charge on any atom is 0.305 e. The Morgan fingerprint density at radius 2 is 1.12 bits per heavy atom. The number of carboxylic acid groups (broad SMARTS) is 1. The second kappa shape index (κ2) is 20.3. The number of carbonyl (C=O) groups is 1. The van der Waals surface area contributed by atoms with Gasteiger partial charge in [0, 0.05) is 6.54 Å². The topological polar surface area (TPSA) is 95.5 Å². The third-order valence-corrected chi connectivity index (χ3v) is 2.80. The second-order valence-corrected chi connectivity index (χ2v) is 4.96. The monoisotopic (exact) mass is 351 g/mol. The molecule has 0 aromatic heterocycles. The minimum Gasteiger partial charge on any atom is -0.481 e. The van der Waals surface area contributed by atoms with Gasteiger partial charge < -0.3 is 34.1 Å². The van der Waals surface area contributed by atoms with Crippen LogP contribution in [0.2, 0.25) is 0 Å². The van der Waals surface area contributed by atoms with E-state index < -0.39 is 5.97 Å². The van der Waals surface area contributed by atoms with Crippen molar-refractivity contribution >= 4 is 5.97 Å². The summed E-state index contributed by atoms with van der Waals surface area (Å²) < 4.78 is 26.5. The average molecular weight is 351 g/mol. The van der Waals surface area contributed by atoms with Crippen LogP contribution in [0.4, 0.5) is 0 Å². The van der Waals surface area contributed by atoms with E-state index in [4.69, 9.17) is 28.8 Å². The molecule has 0 aliphatic carbocycles. The molecular weight excluding hydrogens is 318 g/mol. The van der Waals surface area contributed by atoms with Crippen molar-refractivity contribution in [1.82, 2.24) is 5.32 Å². The summed E-state index contributed by atoms with van der Waals surface area (Å²) in [5.41, 5.74) is 0. The molecule has 0 rings (SSSR count). The molecule has 8 heteroatoms. The van der Waals surface area contributed by atoms with Crippen molar-refractivity contribution in [2.24, 2.45) is 0 Å². The molecule has 144 valence electrons. The lowest BCUT2D eigenvalue weighted by molar-refractivity contribution is -0.138. The van der Waals surface area contributed by atoms with E-state index in [9.17, 15) is 4.79 Å². The van der Waals surface area contributed by atoms with Crippen LogP contribution < -0.4 is 5.32 Å². The van der Waals surface area contributed by atoms with E-state index in [0.717, 1.165) is 19.5 Å². The Labute approximate surface area is 144 Å². The molecule has 8 nitrogen and oxygen atoms in total. The lowest BCUT2D eigenvalue weighted by Crippen LogP contribution is -2.21. The predicted octanol–water partition coefficient (Wildman–Crippen LogP) is 0.544. The summed E-state index contributed by atoms with van der Waals surface area (Å²) in [6.45, 7) is 8.99. The highest BCUT2D eigenvalue weighted by atomic mass is 16.6. The first-order valence-electron chi connectivity index (χ1n) is 8.58. The summed E-state index contributed by atoms with van der Waals surface area (Å²) in [4.78, 5) is 10.2. The molecule has 0 atom stereocenters. The second-order valence-electron chi connectivity index (χ2n) is 4.96. The molecule has 0 aromatic rings. The molecule has 0 aromatic carbocycles. The number of aliphatic carboxylic acids is 1. The quantitative estimate of drug-likeness (QED) is 0.307. The van der Waals surface area contributed by atoms with Gasteiger partial charge in [-0.15, -0.1) is 0 Å². The number of carboxylic acids is 1. The molecular formula is C16H33NO7. The highest BCUT2D eigenvalue weighted by molar-refractivity contribution is 5.66. The van der Waals surface area contributed by atoms with Gasteiger partial charge in [-0.3, -0.25) is 4.79 Å². The molecule has 0 heterocycles. The van der Waals surface area contributed by atoms with Crippen molar-refractivity contribution in [3.05, 3.63) is 0 Å². The molecule has 24 heavy (non-hydrogen) atoms. The van der Waals surface area contributed by atoms with Gasteiger partial charge in [0.15, 0.2) is 0 Å². The first-order chi connectivity index (χ1) is 11.8. The molecule has 0 amide bonds. The number of nitrogens with one attached hydrogen (secondary N) is 1. The lowest BCUT2D eigenvalue weighted by Gasteiger charge is -2.08. The van der Waals surface area contributed by atoms with Gasteiger partial charge in [-0.25, -0.2) is 0 Å². The summed E-state index contributed by atoms with van der Waals surface area (Å²) in [5, 5.41) is 11.7. The van der Waals surface area contributed by atoms with E-state index in [1.165, 1.54) is 0 Å². The van der Waals surface area contributed by atoms with E-state index in [1.807, 2.05) is 0 Å². The van der Waals surface area contributed by atoms with Crippen LogP contribution in [0.5, 0.6) is 0 Å². The van der Waals surface area contributed by atoms with Crippen LogP contribution in [0.15, 0.2) is 0 Å². The molecule has 0 aliphatic rings. The molecule has 2 N–H and O–H groups in total. The Bertz CT molecular complexity index is 267. The highest BCUT2D eigenvalue weighted by Crippen LogP contribution is 1.85. The van der Waals surface area contributed by atoms with Crippen LogP contribution in [0.1, 0.15) is 19.8 Å². The Hall–Kier alpha value is -0.770. The summed E-state index contributed by atoms with van der Waals surface area (Å²) in [5.74, 6) is -0.859. The van der Waals surface area contributed by atoms with Gasteiger partial charge in [0.2, 0.25) is 0 Å². The van der Waals surface area contributed by atoms with Crippen LogP contribution >= 0.6 is 0 Å². The van der Waals surface area contributed by atoms with Crippen LogP contribution in [0.3, 0.4) is 0 Å². The van der Waals surface area contributed by atoms with Gasteiger partial charge in [-0.05, 0) is 13.0 Å². The first-order valence-corrected chi connectivity index (χ1v) is 8.58. The van der Waals surface area contributed by atoms with Crippen molar-refractivity contribution < 1.29 is 33.6 Å². The molecule has 0 fully saturated rings. The van der Waals surface area contributed by atoms with Crippen molar-refractivity contribution in [3.63, 3.8) is 0 Å². The van der Waals surface area contributed by atoms with Gasteiger partial charge in [-0.2, -0.15) is 0 Å². The third kappa shape index (κ3) is 21.2. The third-order valence-electron chi connectivity index (χ3n) is 2.80. The fraction of sp³-hybridized carbons (Fsp3) is 0.938. The molecule has 0 saturated carbocycles. The fourth-order valence-corrected chi connectivity index (χ4v) is 1.59. The summed E-state index contributed by atoms with van der Waals surface area (Å²) in [6.07, 6.45) is 1.15. The Morgan fingerprint density at radius 3 is 1.54 bits per heavy atom. The smallest absolute Gasteiger partial charge is 0.305 e. The first kappa shape index (κ1) is 23.2. The van der Waals surface area contributed by atoms with Crippen molar-refractivity contribution in [2.75, 3.05) is 79.2 Å². The molecule has 0 spiro atoms. The van der Waals surface area contributed by atoms with Crippen LogP contribution in [-0.4, -0.2) is 90.2 Å². The predicted molar refractivity (Wildman–Crippen MR) is 89.5 cm³/mol. The molecule has 0 unspecified atom stereocenters. The number of hydrogen-bond acceptors (Lipinski definition) is 7. The van der Waals surface area contributed by atoms with E-state index in [-0.39, 0.29) is 13.0 Å². The summed E-state index contributed by atoms with van der Waals surface area (Å²) >= 11 is 0. The Balaban J connectivity index is 2.97. The van der Waals surface area contributed by atoms with Crippen molar-refractivity contribution in [1.29, 1.82) is 0 Å². The van der Waals surface area contributed by atoms with Crippen LogP contribution in [0.25, 0.3) is 0 Å². The zero-order valence-corrected chi connectivity index (χ0v) is 14.8. The van der Waals surface area contributed by atoms with Gasteiger partial charge in [0.25, 0.3) is 0 Å². The van der Waals surface area contributed by atoms with Crippen molar-refractivity contribution in [3.8, 4) is 0 Å². The maximum absolute atomic E-state index is 10.2. The van der Waals surface area contributed by atoms with Crippen molar-refractivity contribution in [2.45, 2.75) is 19.8 Å².